The van der Waals surface area contributed by atoms with Gasteiger partial charge in [-0.3, -0.25) is 0 Å². The number of benzene rings is 1. The summed E-state index contributed by atoms with van der Waals surface area (Å²) in [6, 6.07) is 3.31. The molecule has 0 bridgehead atoms. The quantitative estimate of drug-likeness (QED) is 0.334. The van der Waals surface area contributed by atoms with E-state index in [2.05, 4.69) is 13.1 Å². The van der Waals surface area contributed by atoms with Crippen LogP contribution in [0.2, 0.25) is 19.1 Å². The Labute approximate surface area is 126 Å². The molecule has 0 atom stereocenters. The smallest absolute Gasteiger partial charge is 0.194 e. The van der Waals surface area contributed by atoms with Gasteiger partial charge >= 0.3 is 0 Å². The Morgan fingerprint density at radius 1 is 0.952 bits per heavy atom. The van der Waals surface area contributed by atoms with Gasteiger partial charge in [-0.1, -0.05) is 19.3 Å². The minimum Gasteiger partial charge on any atom is -0.418 e. The lowest BCUT2D eigenvalue weighted by Crippen LogP contribution is -2.29. The van der Waals surface area contributed by atoms with Gasteiger partial charge in [-0.25, -0.2) is 13.2 Å². The lowest BCUT2D eigenvalue weighted by atomic mass is 10.1. The molecule has 0 saturated carbocycles. The first-order valence-corrected chi connectivity index (χ1v) is 10.7. The fourth-order valence-corrected chi connectivity index (χ4v) is 4.48. The average molecular weight is 318 g/mol. The molecule has 0 radical (unpaired) electrons. The van der Waals surface area contributed by atoms with E-state index in [9.17, 15) is 13.2 Å². The van der Waals surface area contributed by atoms with Crippen LogP contribution in [-0.2, 0) is 10.8 Å². The van der Waals surface area contributed by atoms with Crippen LogP contribution in [0.3, 0.4) is 0 Å². The van der Waals surface area contributed by atoms with Crippen LogP contribution in [0.4, 0.5) is 13.2 Å². The van der Waals surface area contributed by atoms with Gasteiger partial charge in [0.2, 0.25) is 0 Å². The van der Waals surface area contributed by atoms with Crippen molar-refractivity contribution < 1.29 is 17.6 Å². The van der Waals surface area contributed by atoms with Crippen LogP contribution in [-0.4, -0.2) is 14.9 Å². The predicted octanol–water partition coefficient (Wildman–Crippen LogP) is 5.45. The van der Waals surface area contributed by atoms with Crippen molar-refractivity contribution in [3.05, 3.63) is 35.1 Å². The Kier molecular flexibility index (Phi) is 7.46. The van der Waals surface area contributed by atoms with Crippen LogP contribution < -0.4 is 0 Å². The van der Waals surface area contributed by atoms with Crippen LogP contribution in [0, 0.1) is 17.5 Å². The Bertz CT molecular complexity index is 426. The molecule has 0 saturated heterocycles. The third-order valence-electron chi connectivity index (χ3n) is 3.57. The molecule has 5 heteroatoms. The van der Waals surface area contributed by atoms with Gasteiger partial charge in [-0.05, 0) is 56.6 Å². The number of rotatable bonds is 9. The van der Waals surface area contributed by atoms with E-state index < -0.39 is 25.8 Å². The molecule has 0 heterocycles. The number of unbranched alkanes of at least 4 members (excludes halogenated alkanes) is 3. The van der Waals surface area contributed by atoms with Gasteiger partial charge in [0.1, 0.15) is 0 Å². The molecule has 0 spiro atoms. The van der Waals surface area contributed by atoms with Gasteiger partial charge in [0.05, 0.1) is 0 Å². The number of hydrogen-bond donors (Lipinski definition) is 0. The first-order valence-electron chi connectivity index (χ1n) is 7.63. The second-order valence-electron chi connectivity index (χ2n) is 5.98. The van der Waals surface area contributed by atoms with Crippen LogP contribution >= 0.6 is 0 Å². The van der Waals surface area contributed by atoms with Gasteiger partial charge in [-0.15, -0.1) is 0 Å². The molecule has 1 rings (SSSR count). The molecule has 1 aromatic carbocycles. The zero-order chi connectivity index (χ0) is 15.9. The minimum absolute atomic E-state index is 0.524. The maximum Gasteiger partial charge on any atom is 0.194 e. The van der Waals surface area contributed by atoms with E-state index in [1.54, 1.807) is 0 Å². The number of aryl methyl sites for hydroxylation is 1. The summed E-state index contributed by atoms with van der Waals surface area (Å²) in [5.41, 5.74) is 0.524. The van der Waals surface area contributed by atoms with Crippen LogP contribution in [0.15, 0.2) is 12.1 Å². The Morgan fingerprint density at radius 3 is 2.10 bits per heavy atom. The summed E-state index contributed by atoms with van der Waals surface area (Å²) in [7, 11) is -1.49. The second kappa shape index (κ2) is 8.59. The third kappa shape index (κ3) is 6.65. The van der Waals surface area contributed by atoms with Crippen LogP contribution in [0.5, 0.6) is 0 Å². The molecule has 0 fully saturated rings. The first-order chi connectivity index (χ1) is 9.85. The van der Waals surface area contributed by atoms with E-state index in [1.165, 1.54) is 0 Å². The van der Waals surface area contributed by atoms with E-state index >= 15 is 0 Å². The fraction of sp³-hybridized carbons (Fsp3) is 0.625. The van der Waals surface area contributed by atoms with Crippen molar-refractivity contribution in [1.29, 1.82) is 0 Å². The molecule has 1 nitrogen and oxygen atoms in total. The van der Waals surface area contributed by atoms with E-state index in [-0.39, 0.29) is 0 Å². The lowest BCUT2D eigenvalue weighted by molar-refractivity contribution is 0.327. The molecule has 0 aliphatic rings. The molecule has 120 valence electrons. The molecule has 0 amide bonds. The SMILES string of the molecule is CCO[Si](C)(C)CCCCCCc1cc(F)c(F)c(F)c1. The van der Waals surface area contributed by atoms with Gasteiger partial charge in [0.25, 0.3) is 0 Å². The maximum absolute atomic E-state index is 13.0. The first kappa shape index (κ1) is 18.2. The maximum atomic E-state index is 13.0. The summed E-state index contributed by atoms with van der Waals surface area (Å²) in [6.07, 6.45) is 4.68. The molecule has 0 aromatic heterocycles. The minimum atomic E-state index is -1.49. The van der Waals surface area contributed by atoms with Crippen molar-refractivity contribution in [2.75, 3.05) is 6.61 Å². The summed E-state index contributed by atoms with van der Waals surface area (Å²) in [5, 5.41) is 0. The highest BCUT2D eigenvalue weighted by molar-refractivity contribution is 6.71. The second-order valence-corrected chi connectivity index (χ2v) is 10.3. The van der Waals surface area contributed by atoms with E-state index in [1.807, 2.05) is 6.92 Å². The van der Waals surface area contributed by atoms with Crippen LogP contribution in [0.25, 0.3) is 0 Å². The summed E-state index contributed by atoms with van der Waals surface area (Å²) in [4.78, 5) is 0. The highest BCUT2D eigenvalue weighted by Gasteiger charge is 2.20. The predicted molar refractivity (Wildman–Crippen MR) is 82.4 cm³/mol. The molecule has 1 aromatic rings. The van der Waals surface area contributed by atoms with E-state index in [0.717, 1.165) is 50.5 Å². The summed E-state index contributed by atoms with van der Waals surface area (Å²) in [6.45, 7) is 7.25. The van der Waals surface area contributed by atoms with Crippen molar-refractivity contribution >= 4 is 8.32 Å². The summed E-state index contributed by atoms with van der Waals surface area (Å²) < 4.78 is 44.7. The van der Waals surface area contributed by atoms with Crippen molar-refractivity contribution in [2.24, 2.45) is 0 Å². The van der Waals surface area contributed by atoms with Crippen molar-refractivity contribution in [3.8, 4) is 0 Å². The Hall–Kier alpha value is -0.813. The molecular formula is C16H25F3OSi. The van der Waals surface area contributed by atoms with E-state index in [4.69, 9.17) is 4.43 Å². The molecule has 21 heavy (non-hydrogen) atoms. The molecule has 0 unspecified atom stereocenters. The number of halogens is 3. The van der Waals surface area contributed by atoms with Crippen molar-refractivity contribution in [2.45, 2.75) is 58.2 Å². The van der Waals surface area contributed by atoms with Gasteiger partial charge < -0.3 is 4.43 Å². The normalized spacial score (nSPS) is 11.9. The topological polar surface area (TPSA) is 9.23 Å². The van der Waals surface area contributed by atoms with Crippen LogP contribution in [0.1, 0.15) is 38.2 Å². The third-order valence-corrected chi connectivity index (χ3v) is 6.20. The monoisotopic (exact) mass is 318 g/mol. The summed E-state index contributed by atoms with van der Waals surface area (Å²) >= 11 is 0. The average Bonchev–Trinajstić information content (AvgIpc) is 2.39. The number of hydrogen-bond acceptors (Lipinski definition) is 1. The Balaban J connectivity index is 2.23. The highest BCUT2D eigenvalue weighted by Crippen LogP contribution is 2.18. The van der Waals surface area contributed by atoms with Gasteiger partial charge in [0.15, 0.2) is 25.8 Å². The van der Waals surface area contributed by atoms with Gasteiger partial charge in [0, 0.05) is 6.61 Å². The van der Waals surface area contributed by atoms with E-state index in [0.29, 0.717) is 12.0 Å². The zero-order valence-electron chi connectivity index (χ0n) is 13.1. The van der Waals surface area contributed by atoms with Crippen molar-refractivity contribution in [1.82, 2.24) is 0 Å². The molecular weight excluding hydrogens is 293 g/mol. The molecule has 0 aliphatic carbocycles. The van der Waals surface area contributed by atoms with Crippen molar-refractivity contribution in [3.63, 3.8) is 0 Å². The highest BCUT2D eigenvalue weighted by atomic mass is 28.4. The zero-order valence-corrected chi connectivity index (χ0v) is 14.1. The standard InChI is InChI=1S/C16H25F3OSi/c1-4-20-21(2,3)10-8-6-5-7-9-13-11-14(17)16(19)15(18)12-13/h11-12H,4-10H2,1-3H3. The lowest BCUT2D eigenvalue weighted by Gasteiger charge is -2.21. The largest absolute Gasteiger partial charge is 0.418 e. The fourth-order valence-electron chi connectivity index (χ4n) is 2.45. The van der Waals surface area contributed by atoms with Gasteiger partial charge in [-0.2, -0.15) is 0 Å². The Morgan fingerprint density at radius 2 is 1.52 bits per heavy atom. The molecule has 0 aliphatic heterocycles. The summed E-state index contributed by atoms with van der Waals surface area (Å²) in [5.74, 6) is -3.59. The molecule has 0 N–H and O–H groups in total.